The molecule has 5 atom stereocenters. The first kappa shape index (κ1) is 19.2. The largest absolute Gasteiger partial charge is 0.490 e. The average Bonchev–Trinajstić information content (AvgIpc) is 3.36. The lowest BCUT2D eigenvalue weighted by Crippen LogP contribution is -2.28. The number of ether oxygens (including phenoxy) is 2. The van der Waals surface area contributed by atoms with Crippen LogP contribution in [0.25, 0.3) is 0 Å². The van der Waals surface area contributed by atoms with E-state index in [2.05, 4.69) is 5.10 Å². The minimum Gasteiger partial charge on any atom is -0.490 e. The summed E-state index contributed by atoms with van der Waals surface area (Å²) in [6.45, 7) is 3.59. The van der Waals surface area contributed by atoms with Crippen molar-refractivity contribution in [2.75, 3.05) is 6.61 Å². The number of aliphatic carboxylic acids is 1. The van der Waals surface area contributed by atoms with E-state index < -0.39 is 12.1 Å². The molecule has 8 nitrogen and oxygen atoms in total. The van der Waals surface area contributed by atoms with Crippen molar-refractivity contribution in [3.63, 3.8) is 0 Å². The van der Waals surface area contributed by atoms with Gasteiger partial charge in [-0.1, -0.05) is 12.2 Å². The molecule has 8 heteroatoms. The summed E-state index contributed by atoms with van der Waals surface area (Å²) in [4.78, 5) is 36.4. The van der Waals surface area contributed by atoms with Gasteiger partial charge >= 0.3 is 5.97 Å². The Kier molecular flexibility index (Phi) is 4.86. The molecule has 1 saturated heterocycles. The summed E-state index contributed by atoms with van der Waals surface area (Å²) >= 11 is 0. The number of carbonyl (C=O) groups is 3. The molecule has 1 N–H and O–H groups in total. The van der Waals surface area contributed by atoms with Gasteiger partial charge in [-0.2, -0.15) is 10.1 Å². The van der Waals surface area contributed by atoms with Gasteiger partial charge < -0.3 is 14.6 Å². The third-order valence-electron chi connectivity index (χ3n) is 5.69. The van der Waals surface area contributed by atoms with Gasteiger partial charge in [-0.25, -0.2) is 4.79 Å². The Hall–Kier alpha value is -3.16. The number of rotatable bonds is 7. The van der Waals surface area contributed by atoms with Crippen LogP contribution in [-0.4, -0.2) is 46.8 Å². The highest BCUT2D eigenvalue weighted by atomic mass is 16.5. The molecule has 2 fully saturated rings. The molecule has 0 unspecified atom stereocenters. The Balaban J connectivity index is 1.53. The highest BCUT2D eigenvalue weighted by Crippen LogP contribution is 2.52. The fourth-order valence-electron chi connectivity index (χ4n) is 4.34. The average molecular weight is 398 g/mol. The van der Waals surface area contributed by atoms with Crippen molar-refractivity contribution in [3.05, 3.63) is 35.9 Å². The SMILES string of the molecule is CCOc1cc(C=NN2C(=O)[C@@H]3[C@H](C2=O)[C@H]2C=C[C@H]3C2)ccc1O[C@H](C)C(=O)O. The van der Waals surface area contributed by atoms with Gasteiger partial charge in [-0.3, -0.25) is 9.59 Å². The third-order valence-corrected chi connectivity index (χ3v) is 5.69. The predicted octanol–water partition coefficient (Wildman–Crippen LogP) is 2.08. The monoisotopic (exact) mass is 398 g/mol. The van der Waals surface area contributed by atoms with Crippen LogP contribution < -0.4 is 9.47 Å². The first-order chi connectivity index (χ1) is 13.9. The summed E-state index contributed by atoms with van der Waals surface area (Å²) < 4.78 is 10.9. The second kappa shape index (κ2) is 7.35. The van der Waals surface area contributed by atoms with Crippen LogP contribution in [-0.2, 0) is 14.4 Å². The molecule has 2 aliphatic carbocycles. The van der Waals surface area contributed by atoms with Crippen molar-refractivity contribution in [1.29, 1.82) is 0 Å². The summed E-state index contributed by atoms with van der Waals surface area (Å²) in [5.41, 5.74) is 0.600. The molecule has 0 spiro atoms. The summed E-state index contributed by atoms with van der Waals surface area (Å²) in [6, 6.07) is 4.87. The molecular weight excluding hydrogens is 376 g/mol. The Labute approximate surface area is 167 Å². The number of imide groups is 1. The van der Waals surface area contributed by atoms with Crippen molar-refractivity contribution >= 4 is 24.0 Å². The molecule has 152 valence electrons. The zero-order valence-electron chi connectivity index (χ0n) is 16.1. The predicted molar refractivity (Wildman–Crippen MR) is 103 cm³/mol. The fourth-order valence-corrected chi connectivity index (χ4v) is 4.34. The number of hydrazone groups is 1. The third kappa shape index (κ3) is 3.28. The van der Waals surface area contributed by atoms with Crippen LogP contribution in [0.3, 0.4) is 0 Å². The van der Waals surface area contributed by atoms with E-state index in [-0.39, 0.29) is 35.5 Å². The number of hydrogen-bond donors (Lipinski definition) is 1. The quantitative estimate of drug-likeness (QED) is 0.428. The van der Waals surface area contributed by atoms with E-state index in [9.17, 15) is 14.4 Å². The highest BCUT2D eigenvalue weighted by Gasteiger charge is 2.59. The molecule has 0 aromatic heterocycles. The van der Waals surface area contributed by atoms with E-state index >= 15 is 0 Å². The Morgan fingerprint density at radius 3 is 2.48 bits per heavy atom. The van der Waals surface area contributed by atoms with E-state index in [4.69, 9.17) is 14.6 Å². The lowest BCUT2D eigenvalue weighted by molar-refractivity contribution is -0.144. The number of fused-ring (bicyclic) bond motifs is 5. The normalized spacial score (nSPS) is 28.3. The number of carboxylic acid groups (broad SMARTS) is 1. The molecule has 0 radical (unpaired) electrons. The van der Waals surface area contributed by atoms with E-state index in [1.807, 2.05) is 12.2 Å². The van der Waals surface area contributed by atoms with Gasteiger partial charge in [0.25, 0.3) is 11.8 Å². The van der Waals surface area contributed by atoms with Crippen LogP contribution in [0.4, 0.5) is 0 Å². The maximum atomic E-state index is 12.7. The first-order valence-corrected chi connectivity index (χ1v) is 9.67. The van der Waals surface area contributed by atoms with Crippen LogP contribution >= 0.6 is 0 Å². The molecule has 4 rings (SSSR count). The summed E-state index contributed by atoms with van der Waals surface area (Å²) in [5, 5.41) is 14.2. The van der Waals surface area contributed by atoms with Crippen LogP contribution in [0.15, 0.2) is 35.5 Å². The molecule has 1 heterocycles. The number of carbonyl (C=O) groups excluding carboxylic acids is 2. The first-order valence-electron chi connectivity index (χ1n) is 9.67. The standard InChI is InChI=1S/C21H22N2O6/c1-3-28-16-8-12(4-7-15(16)29-11(2)21(26)27)10-22-23-19(24)17-13-5-6-14(9-13)18(17)20(23)25/h4-8,10-11,13-14,17-18H,3,9H2,1-2H3,(H,26,27)/t11-,13+,14+,17-,18+/m1/s1. The Morgan fingerprint density at radius 1 is 1.24 bits per heavy atom. The summed E-state index contributed by atoms with van der Waals surface area (Å²) in [5.74, 6) is -1.21. The molecule has 1 aromatic rings. The van der Waals surface area contributed by atoms with Gasteiger partial charge in [-0.05, 0) is 55.9 Å². The topological polar surface area (TPSA) is 106 Å². The van der Waals surface area contributed by atoms with E-state index in [0.717, 1.165) is 11.4 Å². The lowest BCUT2D eigenvalue weighted by Gasteiger charge is -2.15. The van der Waals surface area contributed by atoms with Crippen molar-refractivity contribution in [2.24, 2.45) is 28.8 Å². The van der Waals surface area contributed by atoms with Gasteiger partial charge in [0.1, 0.15) is 0 Å². The fraction of sp³-hybridized carbons (Fsp3) is 0.429. The maximum absolute atomic E-state index is 12.7. The number of nitrogens with zero attached hydrogens (tertiary/aromatic N) is 2. The van der Waals surface area contributed by atoms with E-state index in [1.165, 1.54) is 13.1 Å². The lowest BCUT2D eigenvalue weighted by atomic mass is 9.85. The highest BCUT2D eigenvalue weighted by molar-refractivity contribution is 6.06. The molecule has 2 bridgehead atoms. The van der Waals surface area contributed by atoms with Crippen molar-refractivity contribution in [2.45, 2.75) is 26.4 Å². The van der Waals surface area contributed by atoms with E-state index in [0.29, 0.717) is 23.7 Å². The van der Waals surface area contributed by atoms with Crippen LogP contribution in [0.5, 0.6) is 11.5 Å². The summed E-state index contributed by atoms with van der Waals surface area (Å²) in [7, 11) is 0. The molecule has 1 aliphatic heterocycles. The van der Waals surface area contributed by atoms with E-state index in [1.54, 1.807) is 25.1 Å². The number of hydrogen-bond acceptors (Lipinski definition) is 6. The van der Waals surface area contributed by atoms with Crippen molar-refractivity contribution < 1.29 is 29.0 Å². The van der Waals surface area contributed by atoms with Gasteiger partial charge in [-0.15, -0.1) is 0 Å². The maximum Gasteiger partial charge on any atom is 0.344 e. The number of allylic oxidation sites excluding steroid dienone is 2. The van der Waals surface area contributed by atoms with Gasteiger partial charge in [0, 0.05) is 0 Å². The zero-order chi connectivity index (χ0) is 20.7. The second-order valence-corrected chi connectivity index (χ2v) is 7.47. The van der Waals surface area contributed by atoms with Crippen LogP contribution in [0.2, 0.25) is 0 Å². The Bertz CT molecular complexity index is 894. The van der Waals surface area contributed by atoms with Crippen molar-refractivity contribution in [3.8, 4) is 11.5 Å². The molecule has 29 heavy (non-hydrogen) atoms. The molecule has 1 saturated carbocycles. The van der Waals surface area contributed by atoms with Crippen molar-refractivity contribution in [1.82, 2.24) is 5.01 Å². The molecule has 1 aromatic carbocycles. The number of carboxylic acids is 1. The smallest absolute Gasteiger partial charge is 0.344 e. The molecule has 3 aliphatic rings. The van der Waals surface area contributed by atoms with Gasteiger partial charge in [0.05, 0.1) is 24.7 Å². The second-order valence-electron chi connectivity index (χ2n) is 7.47. The van der Waals surface area contributed by atoms with Gasteiger partial charge in [0.15, 0.2) is 17.6 Å². The molecule has 2 amide bonds. The zero-order valence-corrected chi connectivity index (χ0v) is 16.1. The minimum atomic E-state index is -1.09. The van der Waals surface area contributed by atoms with Gasteiger partial charge in [0.2, 0.25) is 0 Å². The van der Waals surface area contributed by atoms with Crippen LogP contribution in [0.1, 0.15) is 25.8 Å². The minimum absolute atomic E-state index is 0.138. The molecular formula is C21H22N2O6. The number of amides is 2. The van der Waals surface area contributed by atoms with Crippen LogP contribution in [0, 0.1) is 23.7 Å². The summed E-state index contributed by atoms with van der Waals surface area (Å²) in [6.07, 6.45) is 5.35. The Morgan fingerprint density at radius 2 is 1.90 bits per heavy atom. The number of benzene rings is 1.